The first-order valence-corrected chi connectivity index (χ1v) is 12.3. The molecule has 1 amide bonds. The lowest BCUT2D eigenvalue weighted by Crippen LogP contribution is -2.38. The highest BCUT2D eigenvalue weighted by molar-refractivity contribution is 5.79. The van der Waals surface area contributed by atoms with Crippen molar-refractivity contribution in [2.45, 2.75) is 20.1 Å². The number of amides is 1. The van der Waals surface area contributed by atoms with Gasteiger partial charge in [-0.05, 0) is 61.0 Å². The third-order valence-corrected chi connectivity index (χ3v) is 5.89. The number of fused-ring (bicyclic) bond motifs is 1. The van der Waals surface area contributed by atoms with Gasteiger partial charge in [0.2, 0.25) is 0 Å². The quantitative estimate of drug-likeness (QED) is 0.282. The lowest BCUT2D eigenvalue weighted by molar-refractivity contribution is -0.144. The van der Waals surface area contributed by atoms with Crippen LogP contribution >= 0.6 is 0 Å². The summed E-state index contributed by atoms with van der Waals surface area (Å²) in [6.07, 6.45) is -0.697. The molecule has 4 rings (SSSR count). The number of para-hydroxylation sites is 1. The summed E-state index contributed by atoms with van der Waals surface area (Å²) in [5, 5.41) is 0.547. The van der Waals surface area contributed by atoms with Crippen molar-refractivity contribution in [3.05, 3.63) is 94.5 Å². The van der Waals surface area contributed by atoms with Gasteiger partial charge in [0.15, 0.2) is 0 Å². The third kappa shape index (κ3) is 6.92. The normalized spacial score (nSPS) is 10.6. The number of nitrogens with zero attached hydrogens (tertiary/aromatic N) is 3. The van der Waals surface area contributed by atoms with Crippen LogP contribution in [0.25, 0.3) is 10.9 Å². The van der Waals surface area contributed by atoms with Crippen molar-refractivity contribution in [2.24, 2.45) is 7.05 Å². The van der Waals surface area contributed by atoms with E-state index >= 15 is 0 Å². The van der Waals surface area contributed by atoms with E-state index in [1.54, 1.807) is 87.8 Å². The van der Waals surface area contributed by atoms with E-state index in [0.29, 0.717) is 34.0 Å². The van der Waals surface area contributed by atoms with Gasteiger partial charge in [-0.1, -0.05) is 24.3 Å². The second kappa shape index (κ2) is 12.6. The first kappa shape index (κ1) is 27.2. The molecular formula is C29H29N3O7. The Morgan fingerprint density at radius 1 is 0.923 bits per heavy atom. The maximum atomic E-state index is 12.9. The van der Waals surface area contributed by atoms with Gasteiger partial charge in [0.05, 0.1) is 24.6 Å². The average Bonchev–Trinajstić information content (AvgIpc) is 2.95. The number of hydrogen-bond acceptors (Lipinski definition) is 8. The van der Waals surface area contributed by atoms with Gasteiger partial charge in [-0.15, -0.1) is 0 Å². The topological polar surface area (TPSA) is 109 Å². The van der Waals surface area contributed by atoms with Gasteiger partial charge in [0.25, 0.3) is 5.56 Å². The molecule has 0 aliphatic heterocycles. The molecule has 0 atom stereocenters. The van der Waals surface area contributed by atoms with Crippen LogP contribution in [0.1, 0.15) is 18.3 Å². The van der Waals surface area contributed by atoms with Crippen molar-refractivity contribution in [1.82, 2.24) is 14.5 Å². The lowest BCUT2D eigenvalue weighted by Gasteiger charge is -2.21. The Hall–Kier alpha value is -4.86. The van der Waals surface area contributed by atoms with Crippen LogP contribution in [0.2, 0.25) is 0 Å². The number of hydrogen-bond donors (Lipinski definition) is 0. The van der Waals surface area contributed by atoms with E-state index in [-0.39, 0.29) is 31.9 Å². The Bertz CT molecular complexity index is 1500. The second-order valence-corrected chi connectivity index (χ2v) is 8.55. The predicted molar refractivity (Wildman–Crippen MR) is 144 cm³/mol. The van der Waals surface area contributed by atoms with Gasteiger partial charge < -0.3 is 18.9 Å². The molecule has 10 heteroatoms. The summed E-state index contributed by atoms with van der Waals surface area (Å²) in [7, 11) is 3.20. The van der Waals surface area contributed by atoms with Crippen LogP contribution in [-0.2, 0) is 29.7 Å². The highest BCUT2D eigenvalue weighted by Crippen LogP contribution is 2.20. The van der Waals surface area contributed by atoms with Crippen LogP contribution in [0.4, 0.5) is 4.79 Å². The summed E-state index contributed by atoms with van der Waals surface area (Å²) >= 11 is 0. The summed E-state index contributed by atoms with van der Waals surface area (Å²) in [4.78, 5) is 43.5. The lowest BCUT2D eigenvalue weighted by atomic mass is 10.2. The molecule has 0 aliphatic rings. The zero-order chi connectivity index (χ0) is 27.8. The molecule has 0 saturated heterocycles. The number of aromatic nitrogens is 2. The third-order valence-electron chi connectivity index (χ3n) is 5.89. The summed E-state index contributed by atoms with van der Waals surface area (Å²) in [6.45, 7) is 1.82. The molecule has 4 aromatic rings. The summed E-state index contributed by atoms with van der Waals surface area (Å²) in [5.74, 6) is 1.44. The first-order valence-electron chi connectivity index (χ1n) is 12.3. The van der Waals surface area contributed by atoms with Crippen LogP contribution in [0, 0.1) is 0 Å². The molecule has 10 nitrogen and oxygen atoms in total. The number of rotatable bonds is 10. The molecule has 0 N–H and O–H groups in total. The maximum Gasteiger partial charge on any atom is 0.416 e. The zero-order valence-corrected chi connectivity index (χ0v) is 22.0. The summed E-state index contributed by atoms with van der Waals surface area (Å²) in [5.41, 5.74) is 1.21. The van der Waals surface area contributed by atoms with Crippen molar-refractivity contribution in [1.29, 1.82) is 0 Å². The van der Waals surface area contributed by atoms with Crippen LogP contribution in [0.5, 0.6) is 17.2 Å². The number of esters is 1. The maximum absolute atomic E-state index is 12.9. The van der Waals surface area contributed by atoms with Crippen LogP contribution in [0.3, 0.4) is 0 Å². The van der Waals surface area contributed by atoms with E-state index in [2.05, 4.69) is 4.98 Å². The van der Waals surface area contributed by atoms with Crippen molar-refractivity contribution >= 4 is 23.0 Å². The van der Waals surface area contributed by atoms with Crippen molar-refractivity contribution < 1.29 is 28.5 Å². The Balaban J connectivity index is 1.43. The van der Waals surface area contributed by atoms with Crippen molar-refractivity contribution in [2.75, 3.05) is 20.3 Å². The minimum atomic E-state index is -0.697. The minimum Gasteiger partial charge on any atom is -0.497 e. The molecule has 3 aromatic carbocycles. The molecule has 0 aliphatic carbocycles. The Kier molecular flexibility index (Phi) is 8.78. The first-order chi connectivity index (χ1) is 18.9. The molecule has 0 unspecified atom stereocenters. The van der Waals surface area contributed by atoms with Crippen molar-refractivity contribution in [3.8, 4) is 17.2 Å². The highest BCUT2D eigenvalue weighted by atomic mass is 16.6. The SMILES string of the molecule is CCOC(=O)CN(Cc1ccc(OCc2nc3ccccc3c(=O)n2C)cc1)C(=O)Oc1ccc(OC)cc1. The van der Waals surface area contributed by atoms with Crippen LogP contribution < -0.4 is 19.8 Å². The van der Waals surface area contributed by atoms with E-state index in [0.717, 1.165) is 5.56 Å². The molecule has 39 heavy (non-hydrogen) atoms. The predicted octanol–water partition coefficient (Wildman–Crippen LogP) is 4.09. The van der Waals surface area contributed by atoms with E-state index in [4.69, 9.17) is 18.9 Å². The van der Waals surface area contributed by atoms with E-state index < -0.39 is 12.1 Å². The van der Waals surface area contributed by atoms with Gasteiger partial charge in [0, 0.05) is 13.6 Å². The molecule has 1 aromatic heterocycles. The van der Waals surface area contributed by atoms with Gasteiger partial charge >= 0.3 is 12.1 Å². The molecular weight excluding hydrogens is 502 g/mol. The van der Waals surface area contributed by atoms with Gasteiger partial charge in [-0.2, -0.15) is 0 Å². The monoisotopic (exact) mass is 531 g/mol. The number of ether oxygens (including phenoxy) is 4. The van der Waals surface area contributed by atoms with Crippen LogP contribution in [-0.4, -0.2) is 46.8 Å². The Labute approximate surface area is 225 Å². The molecule has 1 heterocycles. The van der Waals surface area contributed by atoms with E-state index in [1.165, 1.54) is 9.47 Å². The van der Waals surface area contributed by atoms with Gasteiger partial charge in [0.1, 0.15) is 36.2 Å². The van der Waals surface area contributed by atoms with E-state index in [9.17, 15) is 14.4 Å². The average molecular weight is 532 g/mol. The fourth-order valence-electron chi connectivity index (χ4n) is 3.81. The number of carbonyl (C=O) groups excluding carboxylic acids is 2. The largest absolute Gasteiger partial charge is 0.497 e. The van der Waals surface area contributed by atoms with E-state index in [1.807, 2.05) is 6.07 Å². The number of carbonyl (C=O) groups is 2. The van der Waals surface area contributed by atoms with Gasteiger partial charge in [-0.3, -0.25) is 19.1 Å². The molecule has 0 spiro atoms. The molecule has 0 saturated carbocycles. The Morgan fingerprint density at radius 2 is 1.59 bits per heavy atom. The Morgan fingerprint density at radius 3 is 2.28 bits per heavy atom. The molecule has 0 fully saturated rings. The zero-order valence-electron chi connectivity index (χ0n) is 22.0. The second-order valence-electron chi connectivity index (χ2n) is 8.55. The minimum absolute atomic E-state index is 0.0963. The summed E-state index contributed by atoms with van der Waals surface area (Å²) in [6, 6.07) is 20.7. The number of benzene rings is 3. The van der Waals surface area contributed by atoms with Crippen LogP contribution in [0.15, 0.2) is 77.6 Å². The molecule has 202 valence electrons. The smallest absolute Gasteiger partial charge is 0.416 e. The fourth-order valence-corrected chi connectivity index (χ4v) is 3.81. The molecule has 0 bridgehead atoms. The van der Waals surface area contributed by atoms with Crippen molar-refractivity contribution in [3.63, 3.8) is 0 Å². The van der Waals surface area contributed by atoms with Gasteiger partial charge in [-0.25, -0.2) is 9.78 Å². The molecule has 0 radical (unpaired) electrons. The summed E-state index contributed by atoms with van der Waals surface area (Å²) < 4.78 is 22.9. The fraction of sp³-hybridized carbons (Fsp3) is 0.241. The highest BCUT2D eigenvalue weighted by Gasteiger charge is 2.21. The number of methoxy groups -OCH3 is 1. The standard InChI is InChI=1S/C29H29N3O7/c1-4-37-27(33)18-32(29(35)39-23-15-13-21(36-3)14-16-23)17-20-9-11-22(12-10-20)38-19-26-30-25-8-6-5-7-24(25)28(34)31(26)2/h5-16H,4,17-19H2,1-3H3.